The van der Waals surface area contributed by atoms with Crippen LogP contribution in [-0.4, -0.2) is 31.3 Å². The van der Waals surface area contributed by atoms with Crippen molar-refractivity contribution in [3.8, 4) is 0 Å². The maximum atomic E-state index is 12.3. The van der Waals surface area contributed by atoms with Gasteiger partial charge in [0.05, 0.1) is 5.92 Å². The molecule has 0 radical (unpaired) electrons. The molecule has 23 heavy (non-hydrogen) atoms. The van der Waals surface area contributed by atoms with E-state index >= 15 is 0 Å². The highest BCUT2D eigenvalue weighted by molar-refractivity contribution is 8.22. The smallest absolute Gasteiger partial charge is 0.164 e. The standard InChI is InChI=1S/C18H21NOS3/c1-12(20)14-11-21-17(13-7-3-2-4-8-13)19-18(14)22-15-9-5-6-10-16(15)23-18/h2-4,7-8,14-16H,5-6,9-11H2,1H3. The van der Waals surface area contributed by atoms with Crippen LogP contribution in [0.4, 0.5) is 0 Å². The van der Waals surface area contributed by atoms with E-state index in [2.05, 4.69) is 24.3 Å². The molecule has 5 heteroatoms. The third-order valence-electron chi connectivity index (χ3n) is 4.88. The van der Waals surface area contributed by atoms with Crippen molar-refractivity contribution in [3.63, 3.8) is 0 Å². The van der Waals surface area contributed by atoms with Crippen LogP contribution in [0.3, 0.4) is 0 Å². The highest BCUT2D eigenvalue weighted by Crippen LogP contribution is 2.62. The largest absolute Gasteiger partial charge is 0.300 e. The van der Waals surface area contributed by atoms with E-state index in [0.29, 0.717) is 16.3 Å². The molecule has 0 bridgehead atoms. The first-order valence-electron chi connectivity index (χ1n) is 8.32. The number of hydrogen-bond acceptors (Lipinski definition) is 5. The summed E-state index contributed by atoms with van der Waals surface area (Å²) in [6.07, 6.45) is 5.25. The van der Waals surface area contributed by atoms with E-state index in [9.17, 15) is 4.79 Å². The van der Waals surface area contributed by atoms with E-state index in [1.807, 2.05) is 29.6 Å². The molecule has 2 fully saturated rings. The van der Waals surface area contributed by atoms with Gasteiger partial charge in [-0.25, -0.2) is 4.99 Å². The average molecular weight is 364 g/mol. The van der Waals surface area contributed by atoms with Gasteiger partial charge in [0, 0.05) is 21.8 Å². The molecular weight excluding hydrogens is 342 g/mol. The van der Waals surface area contributed by atoms with Crippen LogP contribution in [0.15, 0.2) is 35.3 Å². The van der Waals surface area contributed by atoms with E-state index in [4.69, 9.17) is 4.99 Å². The normalized spacial score (nSPS) is 36.6. The zero-order valence-corrected chi connectivity index (χ0v) is 15.7. The molecule has 3 atom stereocenters. The highest BCUT2D eigenvalue weighted by Gasteiger charge is 2.55. The number of fused-ring (bicyclic) bond motifs is 1. The topological polar surface area (TPSA) is 29.4 Å². The Hall–Kier alpha value is -0.390. The Morgan fingerprint density at radius 1 is 1.13 bits per heavy atom. The van der Waals surface area contributed by atoms with Crippen LogP contribution in [0.5, 0.6) is 0 Å². The number of carbonyl (C=O) groups is 1. The van der Waals surface area contributed by atoms with Gasteiger partial charge < -0.3 is 0 Å². The van der Waals surface area contributed by atoms with E-state index in [1.54, 1.807) is 18.7 Å². The van der Waals surface area contributed by atoms with Crippen LogP contribution in [0.1, 0.15) is 38.2 Å². The van der Waals surface area contributed by atoms with Gasteiger partial charge in [0.15, 0.2) is 4.20 Å². The first-order chi connectivity index (χ1) is 11.2. The Balaban J connectivity index is 1.71. The molecule has 2 nitrogen and oxygen atoms in total. The van der Waals surface area contributed by atoms with Crippen LogP contribution >= 0.6 is 35.3 Å². The number of thioether (sulfide) groups is 3. The summed E-state index contributed by atoms with van der Waals surface area (Å²) in [5.41, 5.74) is 1.19. The van der Waals surface area contributed by atoms with Crippen molar-refractivity contribution in [3.05, 3.63) is 35.9 Å². The number of nitrogens with zero attached hydrogens (tertiary/aromatic N) is 1. The van der Waals surface area contributed by atoms with Crippen LogP contribution in [-0.2, 0) is 4.79 Å². The number of Topliss-reactive ketones (excluding diaryl/α,β-unsaturated/α-hetero) is 1. The molecule has 122 valence electrons. The first-order valence-corrected chi connectivity index (χ1v) is 11.1. The molecule has 1 saturated heterocycles. The predicted molar refractivity (Wildman–Crippen MR) is 104 cm³/mol. The molecule has 0 amide bonds. The quantitative estimate of drug-likeness (QED) is 0.753. The second-order valence-corrected chi connectivity index (χ2v) is 10.7. The fourth-order valence-corrected chi connectivity index (χ4v) is 9.70. The number of rotatable bonds is 2. The lowest BCUT2D eigenvalue weighted by atomic mass is 10.00. The van der Waals surface area contributed by atoms with Gasteiger partial charge in [0.25, 0.3) is 0 Å². The minimum atomic E-state index is -0.276. The van der Waals surface area contributed by atoms with Gasteiger partial charge in [0.1, 0.15) is 10.8 Å². The van der Waals surface area contributed by atoms with Gasteiger partial charge in [-0.1, -0.05) is 43.2 Å². The molecule has 1 spiro atoms. The molecule has 1 saturated carbocycles. The molecule has 2 aliphatic heterocycles. The van der Waals surface area contributed by atoms with Crippen molar-refractivity contribution in [2.45, 2.75) is 47.3 Å². The maximum absolute atomic E-state index is 12.3. The molecule has 1 aromatic rings. The Kier molecular flexibility index (Phi) is 4.54. The van der Waals surface area contributed by atoms with Crippen molar-refractivity contribution in [1.82, 2.24) is 0 Å². The lowest BCUT2D eigenvalue weighted by Gasteiger charge is -2.35. The Morgan fingerprint density at radius 2 is 1.78 bits per heavy atom. The van der Waals surface area contributed by atoms with Gasteiger partial charge in [-0.15, -0.1) is 35.3 Å². The molecule has 4 rings (SSSR count). The molecular formula is C18H21NOS3. The van der Waals surface area contributed by atoms with Gasteiger partial charge in [-0.2, -0.15) is 0 Å². The summed E-state index contributed by atoms with van der Waals surface area (Å²) in [6.45, 7) is 1.75. The fourth-order valence-electron chi connectivity index (χ4n) is 3.63. The van der Waals surface area contributed by atoms with Crippen molar-refractivity contribution in [1.29, 1.82) is 0 Å². The average Bonchev–Trinajstić information content (AvgIpc) is 2.93. The summed E-state index contributed by atoms with van der Waals surface area (Å²) >= 11 is 5.74. The second kappa shape index (κ2) is 6.49. The van der Waals surface area contributed by atoms with Crippen molar-refractivity contribution < 1.29 is 4.79 Å². The third kappa shape index (κ3) is 3.00. The van der Waals surface area contributed by atoms with E-state index in [-0.39, 0.29) is 10.1 Å². The van der Waals surface area contributed by atoms with Crippen LogP contribution in [0.2, 0.25) is 0 Å². The van der Waals surface area contributed by atoms with Gasteiger partial charge in [-0.3, -0.25) is 4.79 Å². The number of ketones is 1. The first kappa shape index (κ1) is 16.1. The van der Waals surface area contributed by atoms with Crippen molar-refractivity contribution in [2.24, 2.45) is 10.9 Å². The minimum absolute atomic E-state index is 0.0422. The predicted octanol–water partition coefficient (Wildman–Crippen LogP) is 4.83. The van der Waals surface area contributed by atoms with E-state index in [0.717, 1.165) is 10.8 Å². The Bertz CT molecular complexity index is 616. The monoisotopic (exact) mass is 363 g/mol. The summed E-state index contributed by atoms with van der Waals surface area (Å²) in [4.78, 5) is 17.5. The molecule has 3 unspecified atom stereocenters. The second-order valence-electron chi connectivity index (χ2n) is 6.48. The van der Waals surface area contributed by atoms with Crippen LogP contribution in [0.25, 0.3) is 0 Å². The summed E-state index contributed by atoms with van der Waals surface area (Å²) in [7, 11) is 0. The molecule has 0 N–H and O–H groups in total. The minimum Gasteiger partial charge on any atom is -0.300 e. The zero-order valence-electron chi connectivity index (χ0n) is 13.2. The van der Waals surface area contributed by atoms with Gasteiger partial charge in [-0.05, 0) is 19.8 Å². The molecule has 1 aromatic carbocycles. The van der Waals surface area contributed by atoms with Crippen molar-refractivity contribution in [2.75, 3.05) is 5.75 Å². The number of benzene rings is 1. The molecule has 0 aromatic heterocycles. The van der Waals surface area contributed by atoms with Crippen LogP contribution < -0.4 is 0 Å². The van der Waals surface area contributed by atoms with E-state index < -0.39 is 0 Å². The van der Waals surface area contributed by atoms with Crippen LogP contribution in [0, 0.1) is 5.92 Å². The fraction of sp³-hybridized carbons (Fsp3) is 0.556. The van der Waals surface area contributed by atoms with E-state index in [1.165, 1.54) is 31.2 Å². The summed E-state index contributed by atoms with van der Waals surface area (Å²) < 4.78 is -0.276. The number of carbonyl (C=O) groups excluding carboxylic acids is 1. The maximum Gasteiger partial charge on any atom is 0.164 e. The molecule has 2 heterocycles. The Morgan fingerprint density at radius 3 is 2.39 bits per heavy atom. The lowest BCUT2D eigenvalue weighted by molar-refractivity contribution is -0.120. The zero-order chi connectivity index (χ0) is 15.9. The highest BCUT2D eigenvalue weighted by atomic mass is 32.2. The third-order valence-corrected chi connectivity index (χ3v) is 9.89. The molecule has 3 aliphatic rings. The molecule has 1 aliphatic carbocycles. The van der Waals surface area contributed by atoms with Crippen molar-refractivity contribution >= 4 is 46.1 Å². The summed E-state index contributed by atoms with van der Waals surface area (Å²) in [5, 5.41) is 2.47. The Labute approximate surface area is 150 Å². The number of hydrogen-bond donors (Lipinski definition) is 0. The van der Waals surface area contributed by atoms with Gasteiger partial charge >= 0.3 is 0 Å². The summed E-state index contributed by atoms with van der Waals surface area (Å²) in [6, 6.07) is 10.4. The number of aliphatic imine (C=N–C) groups is 1. The summed E-state index contributed by atoms with van der Waals surface area (Å²) in [5.74, 6) is 1.20. The lowest BCUT2D eigenvalue weighted by Crippen LogP contribution is -2.38. The SMILES string of the molecule is CC(=O)C1CSC(c2ccccc2)=NC12SC1CCCCC1S2. The van der Waals surface area contributed by atoms with Gasteiger partial charge in [0.2, 0.25) is 0 Å².